The highest BCUT2D eigenvalue weighted by Gasteiger charge is 2.33. The summed E-state index contributed by atoms with van der Waals surface area (Å²) in [4.78, 5) is 16.7. The Morgan fingerprint density at radius 3 is 2.76 bits per heavy atom. The first-order chi connectivity index (χ1) is 12.0. The fourth-order valence-corrected chi connectivity index (χ4v) is 4.09. The smallest absolute Gasteiger partial charge is 0.315 e. The van der Waals surface area contributed by atoms with Gasteiger partial charge >= 0.3 is 6.03 Å². The number of fused-ring (bicyclic) bond motifs is 2. The molecule has 132 valence electrons. The number of carbonyl (C=O) groups excluding carboxylic acids is 1. The summed E-state index contributed by atoms with van der Waals surface area (Å²) in [6, 6.07) is 8.60. The molecule has 1 atom stereocenters. The predicted molar refractivity (Wildman–Crippen MR) is 95.4 cm³/mol. The molecular formula is C19H25N5O. The van der Waals surface area contributed by atoms with Crippen LogP contribution in [0.25, 0.3) is 0 Å². The molecule has 2 N–H and O–H groups in total. The molecule has 2 heterocycles. The van der Waals surface area contributed by atoms with Gasteiger partial charge in [-0.25, -0.2) is 14.5 Å². The highest BCUT2D eigenvalue weighted by molar-refractivity contribution is 5.74. The van der Waals surface area contributed by atoms with Gasteiger partial charge < -0.3 is 10.6 Å². The molecule has 0 saturated carbocycles. The molecular weight excluding hydrogens is 314 g/mol. The van der Waals surface area contributed by atoms with Crippen LogP contribution >= 0.6 is 0 Å². The van der Waals surface area contributed by atoms with E-state index in [0.717, 1.165) is 37.3 Å². The van der Waals surface area contributed by atoms with E-state index >= 15 is 0 Å². The zero-order valence-corrected chi connectivity index (χ0v) is 14.9. The van der Waals surface area contributed by atoms with Crippen LogP contribution in [0.5, 0.6) is 0 Å². The molecule has 1 unspecified atom stereocenters. The minimum absolute atomic E-state index is 0.0810. The number of rotatable bonds is 3. The van der Waals surface area contributed by atoms with E-state index in [-0.39, 0.29) is 17.5 Å². The maximum absolute atomic E-state index is 12.3. The molecule has 0 radical (unpaired) electrons. The lowest BCUT2D eigenvalue weighted by Gasteiger charge is -2.27. The molecule has 25 heavy (non-hydrogen) atoms. The lowest BCUT2D eigenvalue weighted by atomic mass is 9.87. The molecule has 6 nitrogen and oxygen atoms in total. The number of nitrogens with one attached hydrogen (secondary N) is 2. The number of hydrogen-bond acceptors (Lipinski definition) is 3. The Balaban J connectivity index is 1.29. The van der Waals surface area contributed by atoms with Crippen molar-refractivity contribution < 1.29 is 4.79 Å². The first kappa shape index (κ1) is 16.1. The van der Waals surface area contributed by atoms with Crippen LogP contribution < -0.4 is 10.6 Å². The second-order valence-corrected chi connectivity index (χ2v) is 7.75. The van der Waals surface area contributed by atoms with Crippen molar-refractivity contribution in [1.29, 1.82) is 0 Å². The zero-order chi connectivity index (χ0) is 17.4. The van der Waals surface area contributed by atoms with E-state index in [2.05, 4.69) is 51.9 Å². The Labute approximate surface area is 148 Å². The maximum atomic E-state index is 12.3. The Morgan fingerprint density at radius 1 is 1.32 bits per heavy atom. The molecule has 6 heteroatoms. The first-order valence-corrected chi connectivity index (χ1v) is 9.02. The van der Waals surface area contributed by atoms with Crippen molar-refractivity contribution in [3.63, 3.8) is 0 Å². The van der Waals surface area contributed by atoms with Crippen LogP contribution in [-0.4, -0.2) is 33.4 Å². The minimum atomic E-state index is -0.0810. The van der Waals surface area contributed by atoms with Crippen LogP contribution in [-0.2, 0) is 25.8 Å². The van der Waals surface area contributed by atoms with Crippen molar-refractivity contribution in [3.05, 3.63) is 47.0 Å². The van der Waals surface area contributed by atoms with Gasteiger partial charge in [-0.2, -0.15) is 5.10 Å². The van der Waals surface area contributed by atoms with Gasteiger partial charge in [-0.1, -0.05) is 31.2 Å². The van der Waals surface area contributed by atoms with Gasteiger partial charge in [0.2, 0.25) is 0 Å². The second kappa shape index (κ2) is 6.17. The van der Waals surface area contributed by atoms with Gasteiger partial charge in [-0.05, 0) is 42.7 Å². The van der Waals surface area contributed by atoms with E-state index in [1.54, 1.807) is 0 Å². The summed E-state index contributed by atoms with van der Waals surface area (Å²) >= 11 is 0. The van der Waals surface area contributed by atoms with Gasteiger partial charge in [0.25, 0.3) is 0 Å². The standard InChI is InChI=1S/C19H25N5O/c1-13-21-17-8-7-16(11-24(17)23-13)22-18(25)20-12-19(2)9-14-5-3-4-6-15(14)10-19/h3-6,16H,7-12H2,1-2H3,(H2,20,22,25). The SMILES string of the molecule is Cc1nc2n(n1)CC(NC(=O)NCC1(C)Cc3ccccc3C1)CC2. The molecule has 0 fully saturated rings. The summed E-state index contributed by atoms with van der Waals surface area (Å²) in [7, 11) is 0. The van der Waals surface area contributed by atoms with Gasteiger partial charge in [0.05, 0.1) is 12.6 Å². The topological polar surface area (TPSA) is 71.8 Å². The normalized spacial score (nSPS) is 20.6. The van der Waals surface area contributed by atoms with Gasteiger partial charge in [0.15, 0.2) is 0 Å². The highest BCUT2D eigenvalue weighted by Crippen LogP contribution is 2.35. The fourth-order valence-electron chi connectivity index (χ4n) is 4.09. The van der Waals surface area contributed by atoms with Crippen LogP contribution in [0.1, 0.15) is 36.1 Å². The Morgan fingerprint density at radius 2 is 2.04 bits per heavy atom. The minimum Gasteiger partial charge on any atom is -0.338 e. The number of aryl methyl sites for hydroxylation is 2. The number of urea groups is 1. The molecule has 2 amide bonds. The Bertz CT molecular complexity index is 772. The highest BCUT2D eigenvalue weighted by atomic mass is 16.2. The zero-order valence-electron chi connectivity index (χ0n) is 14.9. The van der Waals surface area contributed by atoms with Crippen LogP contribution in [0.4, 0.5) is 4.79 Å². The summed E-state index contributed by atoms with van der Waals surface area (Å²) in [5.74, 6) is 1.82. The quantitative estimate of drug-likeness (QED) is 0.898. The van der Waals surface area contributed by atoms with Crippen LogP contribution in [0.2, 0.25) is 0 Å². The Hall–Kier alpha value is -2.37. The van der Waals surface area contributed by atoms with Crippen molar-refractivity contribution in [2.24, 2.45) is 5.41 Å². The monoisotopic (exact) mass is 339 g/mol. The fraction of sp³-hybridized carbons (Fsp3) is 0.526. The number of carbonyl (C=O) groups is 1. The van der Waals surface area contributed by atoms with Crippen molar-refractivity contribution in [2.75, 3.05) is 6.54 Å². The van der Waals surface area contributed by atoms with Gasteiger partial charge in [0.1, 0.15) is 11.6 Å². The molecule has 2 aliphatic rings. The summed E-state index contributed by atoms with van der Waals surface area (Å²) in [5.41, 5.74) is 2.92. The molecule has 0 spiro atoms. The molecule has 1 aromatic heterocycles. The molecule has 0 bridgehead atoms. The van der Waals surface area contributed by atoms with E-state index in [1.807, 2.05) is 11.6 Å². The average Bonchev–Trinajstić information content (AvgIpc) is 3.11. The predicted octanol–water partition coefficient (Wildman–Crippen LogP) is 2.01. The summed E-state index contributed by atoms with van der Waals surface area (Å²) in [5, 5.41) is 10.6. The van der Waals surface area contributed by atoms with E-state index in [4.69, 9.17) is 0 Å². The maximum Gasteiger partial charge on any atom is 0.315 e. The van der Waals surface area contributed by atoms with Gasteiger partial charge in [-0.15, -0.1) is 0 Å². The lowest BCUT2D eigenvalue weighted by Crippen LogP contribution is -2.48. The van der Waals surface area contributed by atoms with Crippen molar-refractivity contribution in [2.45, 2.75) is 52.1 Å². The first-order valence-electron chi connectivity index (χ1n) is 9.02. The van der Waals surface area contributed by atoms with E-state index < -0.39 is 0 Å². The van der Waals surface area contributed by atoms with Crippen molar-refractivity contribution >= 4 is 6.03 Å². The van der Waals surface area contributed by atoms with Crippen molar-refractivity contribution in [3.8, 4) is 0 Å². The number of nitrogens with zero attached hydrogens (tertiary/aromatic N) is 3. The Kier molecular flexibility index (Phi) is 3.98. The summed E-state index contributed by atoms with van der Waals surface area (Å²) in [6.07, 6.45) is 3.82. The van der Waals surface area contributed by atoms with E-state index in [0.29, 0.717) is 13.1 Å². The number of hydrogen-bond donors (Lipinski definition) is 2. The number of aromatic nitrogens is 3. The molecule has 1 aromatic carbocycles. The van der Waals surface area contributed by atoms with Crippen LogP contribution in [0.15, 0.2) is 24.3 Å². The molecule has 1 aliphatic heterocycles. The van der Waals surface area contributed by atoms with Crippen molar-refractivity contribution in [1.82, 2.24) is 25.4 Å². The molecule has 2 aromatic rings. The second-order valence-electron chi connectivity index (χ2n) is 7.75. The van der Waals surface area contributed by atoms with Crippen LogP contribution in [0.3, 0.4) is 0 Å². The lowest BCUT2D eigenvalue weighted by molar-refractivity contribution is 0.224. The van der Waals surface area contributed by atoms with E-state index in [1.165, 1.54) is 11.1 Å². The summed E-state index contributed by atoms with van der Waals surface area (Å²) < 4.78 is 1.92. The summed E-state index contributed by atoms with van der Waals surface area (Å²) in [6.45, 7) is 5.54. The largest absolute Gasteiger partial charge is 0.338 e. The van der Waals surface area contributed by atoms with E-state index in [9.17, 15) is 4.79 Å². The number of amides is 2. The third-order valence-electron chi connectivity index (χ3n) is 5.33. The molecule has 0 saturated heterocycles. The third kappa shape index (κ3) is 3.38. The van der Waals surface area contributed by atoms with Crippen LogP contribution in [0, 0.1) is 12.3 Å². The number of benzene rings is 1. The average molecular weight is 339 g/mol. The molecule has 1 aliphatic carbocycles. The molecule has 4 rings (SSSR count). The third-order valence-corrected chi connectivity index (χ3v) is 5.33. The van der Waals surface area contributed by atoms with Gasteiger partial charge in [-0.3, -0.25) is 0 Å². The van der Waals surface area contributed by atoms with Gasteiger partial charge in [0, 0.05) is 13.0 Å².